The van der Waals surface area contributed by atoms with Gasteiger partial charge in [-0.25, -0.2) is 0 Å². The Bertz CT molecular complexity index is 572. The highest BCUT2D eigenvalue weighted by Gasteiger charge is 2.28. The van der Waals surface area contributed by atoms with Crippen molar-refractivity contribution >= 4 is 17.5 Å². The van der Waals surface area contributed by atoms with Crippen molar-refractivity contribution < 1.29 is 14.4 Å². The molecule has 0 fully saturated rings. The number of rotatable bonds is 2. The molecule has 1 aromatic carbocycles. The Kier molecular flexibility index (Phi) is 3.10. The molecule has 1 aromatic rings. The Morgan fingerprint density at radius 1 is 1.17 bits per heavy atom. The normalized spacial score (nSPS) is 15.8. The van der Waals surface area contributed by atoms with Gasteiger partial charge in [0, 0.05) is 23.6 Å². The van der Waals surface area contributed by atoms with Crippen LogP contribution in [0.4, 0.5) is 0 Å². The number of fused-ring (bicyclic) bond motifs is 1. The molecule has 2 rings (SSSR count). The topological polar surface area (TPSA) is 63.2 Å². The van der Waals surface area contributed by atoms with Crippen LogP contribution in [0, 0.1) is 0 Å². The summed E-state index contributed by atoms with van der Waals surface area (Å²) in [7, 11) is 0. The number of amides is 1. The van der Waals surface area contributed by atoms with E-state index in [0.29, 0.717) is 16.7 Å². The summed E-state index contributed by atoms with van der Waals surface area (Å²) in [5.41, 5.74) is 1.15. The lowest BCUT2D eigenvalue weighted by molar-refractivity contribution is -0.119. The zero-order chi connectivity index (χ0) is 13.3. The number of nitrogens with one attached hydrogen (secondary N) is 1. The molecule has 0 spiro atoms. The van der Waals surface area contributed by atoms with Crippen molar-refractivity contribution in [3.63, 3.8) is 0 Å². The van der Waals surface area contributed by atoms with Crippen LogP contribution in [-0.4, -0.2) is 23.5 Å². The molecule has 1 unspecified atom stereocenters. The maximum Gasteiger partial charge on any atom is 0.217 e. The van der Waals surface area contributed by atoms with Gasteiger partial charge in [-0.1, -0.05) is 24.3 Å². The van der Waals surface area contributed by atoms with Crippen LogP contribution in [0.3, 0.4) is 0 Å². The Morgan fingerprint density at radius 2 is 1.78 bits per heavy atom. The average Bonchev–Trinajstić information content (AvgIpc) is 2.33. The van der Waals surface area contributed by atoms with Crippen LogP contribution in [-0.2, 0) is 4.79 Å². The van der Waals surface area contributed by atoms with Crippen LogP contribution in [0.25, 0.3) is 0 Å². The molecular formula is C14H13NO3. The van der Waals surface area contributed by atoms with Gasteiger partial charge in [0.2, 0.25) is 5.91 Å². The molecule has 0 aromatic heterocycles. The van der Waals surface area contributed by atoms with Gasteiger partial charge in [-0.3, -0.25) is 14.4 Å². The van der Waals surface area contributed by atoms with E-state index in [1.807, 2.05) is 0 Å². The summed E-state index contributed by atoms with van der Waals surface area (Å²) in [6.07, 6.45) is 1.31. The van der Waals surface area contributed by atoms with Gasteiger partial charge in [-0.05, 0) is 13.0 Å². The van der Waals surface area contributed by atoms with Crippen molar-refractivity contribution in [2.24, 2.45) is 0 Å². The Labute approximate surface area is 105 Å². The van der Waals surface area contributed by atoms with Crippen LogP contribution in [0.1, 0.15) is 34.6 Å². The Hall–Kier alpha value is -2.23. The number of hydrogen-bond donors (Lipinski definition) is 1. The van der Waals surface area contributed by atoms with E-state index in [4.69, 9.17) is 0 Å². The predicted octanol–water partition coefficient (Wildman–Crippen LogP) is 1.52. The molecule has 0 heterocycles. The van der Waals surface area contributed by atoms with Crippen LogP contribution in [0.15, 0.2) is 35.9 Å². The van der Waals surface area contributed by atoms with Crippen LogP contribution >= 0.6 is 0 Å². The van der Waals surface area contributed by atoms with Crippen molar-refractivity contribution in [3.8, 4) is 0 Å². The second-order valence-corrected chi connectivity index (χ2v) is 4.26. The first-order valence-electron chi connectivity index (χ1n) is 5.67. The summed E-state index contributed by atoms with van der Waals surface area (Å²) < 4.78 is 0. The smallest absolute Gasteiger partial charge is 0.217 e. The van der Waals surface area contributed by atoms with E-state index < -0.39 is 6.04 Å². The first-order chi connectivity index (χ1) is 8.50. The molecule has 0 saturated carbocycles. The number of Topliss-reactive ketones (excluding diaryl/α,β-unsaturated/α-hetero) is 1. The number of benzene rings is 1. The minimum absolute atomic E-state index is 0.197. The zero-order valence-electron chi connectivity index (χ0n) is 10.2. The van der Waals surface area contributed by atoms with Gasteiger partial charge < -0.3 is 5.32 Å². The third kappa shape index (κ3) is 2.09. The van der Waals surface area contributed by atoms with Crippen molar-refractivity contribution in [3.05, 3.63) is 47.0 Å². The van der Waals surface area contributed by atoms with E-state index in [0.717, 1.165) is 0 Å². The van der Waals surface area contributed by atoms with Gasteiger partial charge in [-0.15, -0.1) is 0 Å². The summed E-state index contributed by atoms with van der Waals surface area (Å²) in [6, 6.07) is 6.23. The lowest BCUT2D eigenvalue weighted by atomic mass is 9.87. The summed E-state index contributed by atoms with van der Waals surface area (Å²) in [5, 5.41) is 2.61. The first kappa shape index (κ1) is 12.2. The molecule has 0 radical (unpaired) electrons. The van der Waals surface area contributed by atoms with E-state index in [2.05, 4.69) is 5.32 Å². The SMILES string of the molecule is CC(=O)NC(C)C1=CC(=O)c2ccccc2C1=O. The van der Waals surface area contributed by atoms with Crippen molar-refractivity contribution in [2.75, 3.05) is 0 Å². The molecule has 92 valence electrons. The summed E-state index contributed by atoms with van der Waals surface area (Å²) >= 11 is 0. The predicted molar refractivity (Wildman–Crippen MR) is 66.5 cm³/mol. The van der Waals surface area contributed by atoms with Crippen molar-refractivity contribution in [1.29, 1.82) is 0 Å². The molecule has 0 aliphatic heterocycles. The maximum absolute atomic E-state index is 12.2. The molecule has 4 heteroatoms. The molecule has 18 heavy (non-hydrogen) atoms. The number of carbonyl (C=O) groups is 3. The summed E-state index contributed by atoms with van der Waals surface area (Å²) in [6.45, 7) is 3.06. The van der Waals surface area contributed by atoms with E-state index in [1.165, 1.54) is 13.0 Å². The lowest BCUT2D eigenvalue weighted by Gasteiger charge is -2.20. The van der Waals surface area contributed by atoms with Gasteiger partial charge in [0.05, 0.1) is 6.04 Å². The molecule has 1 atom stereocenters. The molecular weight excluding hydrogens is 230 g/mol. The Balaban J connectivity index is 2.39. The molecule has 0 bridgehead atoms. The monoisotopic (exact) mass is 243 g/mol. The number of hydrogen-bond acceptors (Lipinski definition) is 3. The van der Waals surface area contributed by atoms with Gasteiger partial charge in [-0.2, -0.15) is 0 Å². The first-order valence-corrected chi connectivity index (χ1v) is 5.67. The third-order valence-corrected chi connectivity index (χ3v) is 2.87. The maximum atomic E-state index is 12.2. The van der Waals surface area contributed by atoms with Crippen molar-refractivity contribution in [1.82, 2.24) is 5.32 Å². The summed E-state index contributed by atoms with van der Waals surface area (Å²) in [5.74, 6) is -0.633. The van der Waals surface area contributed by atoms with Crippen LogP contribution < -0.4 is 5.32 Å². The zero-order valence-corrected chi connectivity index (χ0v) is 10.2. The molecule has 4 nitrogen and oxygen atoms in total. The van der Waals surface area contributed by atoms with Gasteiger partial charge in [0.25, 0.3) is 0 Å². The molecule has 0 saturated heterocycles. The minimum atomic E-state index is -0.465. The quantitative estimate of drug-likeness (QED) is 0.856. The molecule has 1 aliphatic carbocycles. The second-order valence-electron chi connectivity index (χ2n) is 4.26. The highest BCUT2D eigenvalue weighted by atomic mass is 16.2. The van der Waals surface area contributed by atoms with Gasteiger partial charge in [0.1, 0.15) is 0 Å². The van der Waals surface area contributed by atoms with E-state index in [1.54, 1.807) is 31.2 Å². The van der Waals surface area contributed by atoms with Crippen LogP contribution in [0.2, 0.25) is 0 Å². The highest BCUT2D eigenvalue weighted by Crippen LogP contribution is 2.22. The second kappa shape index (κ2) is 4.56. The number of carbonyl (C=O) groups excluding carboxylic acids is 3. The van der Waals surface area contributed by atoms with E-state index in [9.17, 15) is 14.4 Å². The average molecular weight is 243 g/mol. The Morgan fingerprint density at radius 3 is 2.39 bits per heavy atom. The fraction of sp³-hybridized carbons (Fsp3) is 0.214. The highest BCUT2D eigenvalue weighted by molar-refractivity contribution is 6.25. The minimum Gasteiger partial charge on any atom is -0.350 e. The third-order valence-electron chi connectivity index (χ3n) is 2.87. The standard InChI is InChI=1S/C14H13NO3/c1-8(15-9(2)16)12-7-13(17)10-5-3-4-6-11(10)14(12)18/h3-8H,1-2H3,(H,15,16). The summed E-state index contributed by atoms with van der Waals surface area (Å²) in [4.78, 5) is 35.1. The molecule has 1 N–H and O–H groups in total. The van der Waals surface area contributed by atoms with Crippen molar-refractivity contribution in [2.45, 2.75) is 19.9 Å². The van der Waals surface area contributed by atoms with E-state index >= 15 is 0 Å². The number of ketones is 2. The fourth-order valence-corrected chi connectivity index (χ4v) is 2.04. The van der Waals surface area contributed by atoms with Crippen LogP contribution in [0.5, 0.6) is 0 Å². The number of allylic oxidation sites excluding steroid dienone is 1. The van der Waals surface area contributed by atoms with E-state index in [-0.39, 0.29) is 17.5 Å². The molecule has 1 amide bonds. The van der Waals surface area contributed by atoms with Gasteiger partial charge in [0.15, 0.2) is 11.6 Å². The molecule has 1 aliphatic rings. The van der Waals surface area contributed by atoms with Gasteiger partial charge >= 0.3 is 0 Å². The largest absolute Gasteiger partial charge is 0.350 e. The lowest BCUT2D eigenvalue weighted by Crippen LogP contribution is -2.36. The fourth-order valence-electron chi connectivity index (χ4n) is 2.04.